The van der Waals surface area contributed by atoms with Crippen LogP contribution in [0.2, 0.25) is 0 Å². The third-order valence-electron chi connectivity index (χ3n) is 1.59. The van der Waals surface area contributed by atoms with E-state index in [1.165, 1.54) is 25.3 Å². The van der Waals surface area contributed by atoms with Crippen molar-refractivity contribution >= 4 is 17.5 Å². The number of ketones is 1. The predicted molar refractivity (Wildman–Crippen MR) is 50.2 cm³/mol. The van der Waals surface area contributed by atoms with Crippen molar-refractivity contribution in [2.45, 2.75) is 24.1 Å². The van der Waals surface area contributed by atoms with E-state index in [9.17, 15) is 9.18 Å². The van der Waals surface area contributed by atoms with Crippen LogP contribution in [0.4, 0.5) is 4.39 Å². The number of halogens is 1. The van der Waals surface area contributed by atoms with Gasteiger partial charge in [0.1, 0.15) is 10.8 Å². The molecule has 0 bridgehead atoms. The molecule has 1 rings (SSSR count). The molecule has 0 amide bonds. The van der Waals surface area contributed by atoms with Crippen LogP contribution in [-0.4, -0.2) is 16.0 Å². The molecule has 2 nitrogen and oxygen atoms in total. The van der Waals surface area contributed by atoms with Gasteiger partial charge in [-0.1, -0.05) is 11.8 Å². The fourth-order valence-corrected chi connectivity index (χ4v) is 1.51. The molecule has 0 fully saturated rings. The highest BCUT2D eigenvalue weighted by atomic mass is 32.2. The van der Waals surface area contributed by atoms with Crippen molar-refractivity contribution in [3.63, 3.8) is 0 Å². The number of pyridine rings is 1. The van der Waals surface area contributed by atoms with Gasteiger partial charge in [-0.15, -0.1) is 0 Å². The number of Topliss-reactive ketones (excluding diaryl/α,β-unsaturated/α-hetero) is 1. The highest BCUT2D eigenvalue weighted by molar-refractivity contribution is 8.00. The topological polar surface area (TPSA) is 30.0 Å². The maximum absolute atomic E-state index is 13.0. The van der Waals surface area contributed by atoms with Gasteiger partial charge in [0.2, 0.25) is 0 Å². The number of nitrogens with zero attached hydrogens (tertiary/aromatic N) is 1. The Morgan fingerprint density at radius 2 is 2.38 bits per heavy atom. The molecule has 1 atom stereocenters. The standard InChI is InChI=1S/C9H10FNOS/c1-6(12)7(2)13-9-8(10)4-3-5-11-9/h3-5,7H,1-2H3/t7-/m1/s1. The third kappa shape index (κ3) is 2.81. The SMILES string of the molecule is CC(=O)[C@@H](C)Sc1ncccc1F. The summed E-state index contributed by atoms with van der Waals surface area (Å²) < 4.78 is 13.0. The molecule has 0 aliphatic rings. The zero-order valence-electron chi connectivity index (χ0n) is 7.45. The monoisotopic (exact) mass is 199 g/mol. The maximum atomic E-state index is 13.0. The second-order valence-corrected chi connectivity index (χ2v) is 3.99. The zero-order chi connectivity index (χ0) is 9.84. The van der Waals surface area contributed by atoms with Gasteiger partial charge in [-0.2, -0.15) is 0 Å². The second-order valence-electron chi connectivity index (χ2n) is 2.66. The van der Waals surface area contributed by atoms with Crippen LogP contribution in [0.5, 0.6) is 0 Å². The molecule has 0 saturated carbocycles. The highest BCUT2D eigenvalue weighted by Gasteiger charge is 2.12. The zero-order valence-corrected chi connectivity index (χ0v) is 8.27. The van der Waals surface area contributed by atoms with E-state index in [2.05, 4.69) is 4.98 Å². The first-order valence-corrected chi connectivity index (χ1v) is 4.77. The first-order chi connectivity index (χ1) is 6.11. The molecule has 0 aliphatic heterocycles. The van der Waals surface area contributed by atoms with E-state index >= 15 is 0 Å². The fourth-order valence-electron chi connectivity index (χ4n) is 0.708. The summed E-state index contributed by atoms with van der Waals surface area (Å²) in [6.45, 7) is 3.22. The summed E-state index contributed by atoms with van der Waals surface area (Å²) in [5.41, 5.74) is 0. The minimum atomic E-state index is -0.374. The smallest absolute Gasteiger partial charge is 0.155 e. The van der Waals surface area contributed by atoms with Crippen LogP contribution >= 0.6 is 11.8 Å². The van der Waals surface area contributed by atoms with Crippen molar-refractivity contribution in [3.8, 4) is 0 Å². The van der Waals surface area contributed by atoms with E-state index in [0.717, 1.165) is 11.8 Å². The Balaban J connectivity index is 2.74. The lowest BCUT2D eigenvalue weighted by atomic mass is 10.3. The molecule has 70 valence electrons. The normalized spacial score (nSPS) is 12.5. The number of aromatic nitrogens is 1. The van der Waals surface area contributed by atoms with Gasteiger partial charge in [-0.05, 0) is 26.0 Å². The summed E-state index contributed by atoms with van der Waals surface area (Å²) in [5.74, 6) is -0.351. The van der Waals surface area contributed by atoms with Gasteiger partial charge in [-0.3, -0.25) is 4.79 Å². The molecule has 1 aromatic heterocycles. The summed E-state index contributed by atoms with van der Waals surface area (Å²) >= 11 is 1.14. The Bertz CT molecular complexity index is 316. The van der Waals surface area contributed by atoms with Crippen LogP contribution < -0.4 is 0 Å². The Labute approximate surface area is 80.6 Å². The molecule has 0 spiro atoms. The molecule has 13 heavy (non-hydrogen) atoms. The average molecular weight is 199 g/mol. The molecule has 1 heterocycles. The van der Waals surface area contributed by atoms with Gasteiger partial charge in [0.05, 0.1) is 5.25 Å². The van der Waals surface area contributed by atoms with E-state index in [4.69, 9.17) is 0 Å². The van der Waals surface area contributed by atoms with Gasteiger partial charge in [0.15, 0.2) is 5.82 Å². The summed E-state index contributed by atoms with van der Waals surface area (Å²) in [5, 5.41) is 0.0367. The number of carbonyl (C=O) groups excluding carboxylic acids is 1. The fraction of sp³-hybridized carbons (Fsp3) is 0.333. The summed E-state index contributed by atoms with van der Waals surface area (Å²) in [6.07, 6.45) is 1.51. The molecule has 1 aromatic rings. The lowest BCUT2D eigenvalue weighted by molar-refractivity contribution is -0.116. The maximum Gasteiger partial charge on any atom is 0.155 e. The highest BCUT2D eigenvalue weighted by Crippen LogP contribution is 2.23. The van der Waals surface area contributed by atoms with E-state index in [0.29, 0.717) is 0 Å². The largest absolute Gasteiger partial charge is 0.299 e. The summed E-state index contributed by atoms with van der Waals surface area (Å²) in [7, 11) is 0. The van der Waals surface area contributed by atoms with E-state index in [-0.39, 0.29) is 21.9 Å². The lowest BCUT2D eigenvalue weighted by Gasteiger charge is -2.06. The first kappa shape index (κ1) is 10.2. The van der Waals surface area contributed by atoms with E-state index in [1.807, 2.05) is 0 Å². The molecular formula is C9H10FNOS. The average Bonchev–Trinajstić information content (AvgIpc) is 2.08. The van der Waals surface area contributed by atoms with Gasteiger partial charge < -0.3 is 0 Å². The number of hydrogen-bond donors (Lipinski definition) is 0. The minimum absolute atomic E-state index is 0.0232. The Kier molecular flexibility index (Phi) is 3.42. The van der Waals surface area contributed by atoms with Crippen molar-refractivity contribution in [2.24, 2.45) is 0 Å². The molecule has 0 aliphatic carbocycles. The van der Waals surface area contributed by atoms with Crippen molar-refractivity contribution < 1.29 is 9.18 Å². The molecule has 0 aromatic carbocycles. The minimum Gasteiger partial charge on any atom is -0.299 e. The number of thioether (sulfide) groups is 1. The molecule has 0 N–H and O–H groups in total. The number of carbonyl (C=O) groups is 1. The van der Waals surface area contributed by atoms with Crippen LogP contribution in [0, 0.1) is 5.82 Å². The van der Waals surface area contributed by atoms with Crippen LogP contribution in [0.1, 0.15) is 13.8 Å². The van der Waals surface area contributed by atoms with Crippen molar-refractivity contribution in [1.82, 2.24) is 4.98 Å². The third-order valence-corrected chi connectivity index (χ3v) is 2.79. The second kappa shape index (κ2) is 4.37. The van der Waals surface area contributed by atoms with Crippen LogP contribution in [0.25, 0.3) is 0 Å². The first-order valence-electron chi connectivity index (χ1n) is 3.89. The van der Waals surface area contributed by atoms with Crippen molar-refractivity contribution in [3.05, 3.63) is 24.1 Å². The van der Waals surface area contributed by atoms with E-state index in [1.54, 1.807) is 6.92 Å². The van der Waals surface area contributed by atoms with Gasteiger partial charge >= 0.3 is 0 Å². The predicted octanol–water partition coefficient (Wildman–Crippen LogP) is 2.29. The molecule has 0 radical (unpaired) electrons. The molecule has 0 saturated heterocycles. The van der Waals surface area contributed by atoms with Crippen LogP contribution in [0.3, 0.4) is 0 Å². The van der Waals surface area contributed by atoms with Gasteiger partial charge in [0, 0.05) is 6.20 Å². The van der Waals surface area contributed by atoms with E-state index < -0.39 is 0 Å². The Morgan fingerprint density at radius 3 is 2.92 bits per heavy atom. The Hall–Kier alpha value is -0.900. The number of rotatable bonds is 3. The molecular weight excluding hydrogens is 189 g/mol. The Morgan fingerprint density at radius 1 is 1.69 bits per heavy atom. The van der Waals surface area contributed by atoms with Crippen LogP contribution in [0.15, 0.2) is 23.4 Å². The van der Waals surface area contributed by atoms with Crippen molar-refractivity contribution in [2.75, 3.05) is 0 Å². The van der Waals surface area contributed by atoms with Gasteiger partial charge in [0.25, 0.3) is 0 Å². The summed E-state index contributed by atoms with van der Waals surface area (Å²) in [4.78, 5) is 14.7. The molecule has 4 heteroatoms. The summed E-state index contributed by atoms with van der Waals surface area (Å²) in [6, 6.07) is 2.86. The van der Waals surface area contributed by atoms with Crippen LogP contribution in [-0.2, 0) is 4.79 Å². The number of hydrogen-bond acceptors (Lipinski definition) is 3. The molecule has 0 unspecified atom stereocenters. The van der Waals surface area contributed by atoms with Gasteiger partial charge in [-0.25, -0.2) is 9.37 Å². The van der Waals surface area contributed by atoms with Crippen molar-refractivity contribution in [1.29, 1.82) is 0 Å². The lowest BCUT2D eigenvalue weighted by Crippen LogP contribution is -2.08. The quantitative estimate of drug-likeness (QED) is 0.699.